The van der Waals surface area contributed by atoms with Gasteiger partial charge in [0.05, 0.1) is 22.7 Å². The standard InChI is InChI=1S/C29H23F3N4O2/c30-17-10-18-20(13-34-27(18)21(31)11-17)26-19(12-33)22(14-4-2-1-3-5-14)24(32)28(36-26)35-25-16-8-6-15(7-9-16)23(25)29(37)38/h1-5,10-11,13,15-16,23,25,34H,6-9H2,(H,35,36)(H,37,38)/t15?,16?,23-,25-/m1/s1. The zero-order chi connectivity index (χ0) is 26.6. The van der Waals surface area contributed by atoms with Gasteiger partial charge in [-0.3, -0.25) is 4.79 Å². The van der Waals surface area contributed by atoms with Crippen LogP contribution in [0.25, 0.3) is 33.3 Å². The third-order valence-corrected chi connectivity index (χ3v) is 8.08. The zero-order valence-corrected chi connectivity index (χ0v) is 20.1. The van der Waals surface area contributed by atoms with Crippen LogP contribution in [0.5, 0.6) is 0 Å². The number of anilines is 1. The molecule has 0 radical (unpaired) electrons. The highest BCUT2D eigenvalue weighted by Gasteiger charge is 2.47. The van der Waals surface area contributed by atoms with Crippen LogP contribution in [0, 0.1) is 46.5 Å². The maximum Gasteiger partial charge on any atom is 0.308 e. The predicted octanol–water partition coefficient (Wildman–Crippen LogP) is 6.49. The van der Waals surface area contributed by atoms with E-state index < -0.39 is 35.4 Å². The first-order chi connectivity index (χ1) is 18.4. The number of carboxylic acids is 1. The predicted molar refractivity (Wildman–Crippen MR) is 136 cm³/mol. The minimum atomic E-state index is -0.933. The highest BCUT2D eigenvalue weighted by Crippen LogP contribution is 2.47. The first-order valence-corrected chi connectivity index (χ1v) is 12.5. The lowest BCUT2D eigenvalue weighted by atomic mass is 9.61. The van der Waals surface area contributed by atoms with Gasteiger partial charge in [-0.2, -0.15) is 5.26 Å². The molecule has 3 aliphatic rings. The fraction of sp³-hybridized carbons (Fsp3) is 0.276. The first kappa shape index (κ1) is 24.0. The lowest BCUT2D eigenvalue weighted by Gasteiger charge is -2.47. The van der Waals surface area contributed by atoms with Gasteiger partial charge in [-0.1, -0.05) is 30.3 Å². The summed E-state index contributed by atoms with van der Waals surface area (Å²) in [6.07, 6.45) is 4.72. The number of nitrogens with zero attached hydrogens (tertiary/aromatic N) is 2. The van der Waals surface area contributed by atoms with E-state index in [1.165, 1.54) is 6.20 Å². The lowest BCUT2D eigenvalue weighted by Crippen LogP contribution is -2.51. The van der Waals surface area contributed by atoms with E-state index >= 15 is 4.39 Å². The van der Waals surface area contributed by atoms with Crippen molar-refractivity contribution < 1.29 is 23.1 Å². The van der Waals surface area contributed by atoms with Gasteiger partial charge in [-0.25, -0.2) is 18.2 Å². The summed E-state index contributed by atoms with van der Waals surface area (Å²) in [6, 6.07) is 11.9. The third kappa shape index (κ3) is 3.79. The second-order valence-corrected chi connectivity index (χ2v) is 10.1. The van der Waals surface area contributed by atoms with E-state index in [4.69, 9.17) is 0 Å². The Morgan fingerprint density at radius 2 is 1.79 bits per heavy atom. The van der Waals surface area contributed by atoms with E-state index in [1.807, 2.05) is 6.07 Å². The Morgan fingerprint density at radius 3 is 2.47 bits per heavy atom. The zero-order valence-electron chi connectivity index (χ0n) is 20.1. The molecule has 38 heavy (non-hydrogen) atoms. The molecule has 3 aliphatic carbocycles. The first-order valence-electron chi connectivity index (χ1n) is 12.5. The molecule has 0 amide bonds. The molecular formula is C29H23F3N4O2. The average Bonchev–Trinajstić information content (AvgIpc) is 3.34. The van der Waals surface area contributed by atoms with Crippen LogP contribution >= 0.6 is 0 Å². The fourth-order valence-corrected chi connectivity index (χ4v) is 6.36. The number of benzene rings is 2. The van der Waals surface area contributed by atoms with Crippen LogP contribution in [0.15, 0.2) is 48.7 Å². The van der Waals surface area contributed by atoms with Gasteiger partial charge in [-0.15, -0.1) is 0 Å². The number of aliphatic carboxylic acids is 1. The van der Waals surface area contributed by atoms with Gasteiger partial charge in [0.1, 0.15) is 17.7 Å². The summed E-state index contributed by atoms with van der Waals surface area (Å²) in [5, 5.41) is 23.4. The second kappa shape index (κ2) is 9.21. The van der Waals surface area contributed by atoms with Crippen molar-refractivity contribution in [3.8, 4) is 28.5 Å². The molecule has 2 atom stereocenters. The summed E-state index contributed by atoms with van der Waals surface area (Å²) in [7, 11) is 0. The quantitative estimate of drug-likeness (QED) is 0.282. The summed E-state index contributed by atoms with van der Waals surface area (Å²) < 4.78 is 44.9. The number of carboxylic acid groups (broad SMARTS) is 1. The molecular weight excluding hydrogens is 493 g/mol. The van der Waals surface area contributed by atoms with Gasteiger partial charge in [-0.05, 0) is 49.1 Å². The molecule has 3 N–H and O–H groups in total. The fourth-order valence-electron chi connectivity index (χ4n) is 6.36. The number of aromatic nitrogens is 2. The summed E-state index contributed by atoms with van der Waals surface area (Å²) in [4.78, 5) is 19.5. The van der Waals surface area contributed by atoms with Crippen molar-refractivity contribution in [2.75, 3.05) is 5.32 Å². The van der Waals surface area contributed by atoms with Crippen LogP contribution in [-0.4, -0.2) is 27.1 Å². The summed E-state index contributed by atoms with van der Waals surface area (Å²) >= 11 is 0. The van der Waals surface area contributed by atoms with E-state index in [1.54, 1.807) is 30.3 Å². The SMILES string of the molecule is N#Cc1c(-c2c[nH]c3c(F)cc(F)cc23)nc(N[C@@H]2C3CCC(CC3)[C@H]2C(=O)O)c(F)c1-c1ccccc1. The van der Waals surface area contributed by atoms with E-state index in [-0.39, 0.29) is 50.9 Å². The molecule has 2 bridgehead atoms. The van der Waals surface area contributed by atoms with Crippen molar-refractivity contribution in [3.63, 3.8) is 0 Å². The number of fused-ring (bicyclic) bond motifs is 4. The number of pyridine rings is 1. The molecule has 2 aromatic carbocycles. The molecule has 0 saturated heterocycles. The highest BCUT2D eigenvalue weighted by molar-refractivity contribution is 5.98. The number of aromatic amines is 1. The van der Waals surface area contributed by atoms with Crippen molar-refractivity contribution in [1.29, 1.82) is 5.26 Å². The monoisotopic (exact) mass is 516 g/mol. The van der Waals surface area contributed by atoms with Crippen LogP contribution in [0.2, 0.25) is 0 Å². The number of nitrogens with one attached hydrogen (secondary N) is 2. The smallest absolute Gasteiger partial charge is 0.308 e. The van der Waals surface area contributed by atoms with Gasteiger partial charge >= 0.3 is 5.97 Å². The Bertz CT molecular complexity index is 1600. The van der Waals surface area contributed by atoms with Crippen LogP contribution in [0.4, 0.5) is 19.0 Å². The van der Waals surface area contributed by atoms with Crippen LogP contribution in [0.1, 0.15) is 31.2 Å². The van der Waals surface area contributed by atoms with E-state index in [9.17, 15) is 23.9 Å². The number of nitriles is 1. The van der Waals surface area contributed by atoms with E-state index in [0.717, 1.165) is 37.8 Å². The van der Waals surface area contributed by atoms with Crippen LogP contribution < -0.4 is 5.32 Å². The molecule has 9 heteroatoms. The molecule has 0 unspecified atom stereocenters. The lowest BCUT2D eigenvalue weighted by molar-refractivity contribution is -0.148. The molecule has 2 aromatic heterocycles. The molecule has 2 heterocycles. The molecule has 4 aromatic rings. The molecule has 7 rings (SSSR count). The number of hydrogen-bond donors (Lipinski definition) is 3. The number of hydrogen-bond acceptors (Lipinski definition) is 4. The minimum Gasteiger partial charge on any atom is -0.481 e. The number of carbonyl (C=O) groups is 1. The molecule has 0 aliphatic heterocycles. The Labute approximate surface area is 216 Å². The second-order valence-electron chi connectivity index (χ2n) is 10.1. The van der Waals surface area contributed by atoms with Gasteiger partial charge in [0, 0.05) is 34.8 Å². The van der Waals surface area contributed by atoms with Crippen molar-refractivity contribution >= 4 is 22.7 Å². The van der Waals surface area contributed by atoms with Crippen LogP contribution in [0.3, 0.4) is 0 Å². The number of H-pyrrole nitrogens is 1. The topological polar surface area (TPSA) is 102 Å². The largest absolute Gasteiger partial charge is 0.481 e. The maximum atomic E-state index is 16.2. The number of halogens is 3. The van der Waals surface area contributed by atoms with Crippen molar-refractivity contribution in [2.24, 2.45) is 17.8 Å². The number of rotatable bonds is 5. The molecule has 3 saturated carbocycles. The molecule has 3 fully saturated rings. The van der Waals surface area contributed by atoms with Gasteiger partial charge in [0.25, 0.3) is 0 Å². The van der Waals surface area contributed by atoms with E-state index in [0.29, 0.717) is 5.56 Å². The third-order valence-electron chi connectivity index (χ3n) is 8.08. The van der Waals surface area contributed by atoms with Crippen molar-refractivity contribution in [2.45, 2.75) is 31.7 Å². The Hall–Kier alpha value is -4.32. The van der Waals surface area contributed by atoms with Crippen molar-refractivity contribution in [1.82, 2.24) is 9.97 Å². The van der Waals surface area contributed by atoms with E-state index in [2.05, 4.69) is 15.3 Å². The summed E-state index contributed by atoms with van der Waals surface area (Å²) in [5.74, 6) is -4.18. The van der Waals surface area contributed by atoms with Gasteiger partial charge in [0.2, 0.25) is 0 Å². The molecule has 6 nitrogen and oxygen atoms in total. The maximum absolute atomic E-state index is 16.2. The normalized spacial score (nSPS) is 22.4. The van der Waals surface area contributed by atoms with Crippen LogP contribution in [-0.2, 0) is 4.79 Å². The minimum absolute atomic E-state index is 0.0101. The van der Waals surface area contributed by atoms with Gasteiger partial charge in [0.15, 0.2) is 11.6 Å². The summed E-state index contributed by atoms with van der Waals surface area (Å²) in [6.45, 7) is 0. The summed E-state index contributed by atoms with van der Waals surface area (Å²) in [5.41, 5.74) is 0.618. The van der Waals surface area contributed by atoms with Gasteiger partial charge < -0.3 is 15.4 Å². The average molecular weight is 517 g/mol. The van der Waals surface area contributed by atoms with Crippen molar-refractivity contribution in [3.05, 3.63) is 71.7 Å². The Morgan fingerprint density at radius 1 is 1.08 bits per heavy atom. The Balaban J connectivity index is 1.58. The highest BCUT2D eigenvalue weighted by atomic mass is 19.1. The Kier molecular flexibility index (Phi) is 5.83. The molecule has 192 valence electrons. The molecule has 0 spiro atoms.